The van der Waals surface area contributed by atoms with Crippen LogP contribution in [0.5, 0.6) is 11.8 Å². The van der Waals surface area contributed by atoms with E-state index in [0.29, 0.717) is 16.8 Å². The van der Waals surface area contributed by atoms with Gasteiger partial charge in [-0.2, -0.15) is 9.97 Å². The monoisotopic (exact) mass is 602 g/mol. The molecule has 1 aliphatic heterocycles. The smallest absolute Gasteiger partial charge is 0.319 e. The molecule has 41 heavy (non-hydrogen) atoms. The van der Waals surface area contributed by atoms with Crippen molar-refractivity contribution < 1.29 is 23.4 Å². The van der Waals surface area contributed by atoms with E-state index >= 15 is 4.39 Å². The van der Waals surface area contributed by atoms with Gasteiger partial charge in [-0.25, -0.2) is 8.78 Å². The number of phenolic OH excluding ortho intramolecular Hbond substituents is 1. The maximum absolute atomic E-state index is 16.5. The van der Waals surface area contributed by atoms with Crippen LogP contribution in [0.2, 0.25) is 5.02 Å². The molecule has 1 aliphatic carbocycles. The van der Waals surface area contributed by atoms with Crippen LogP contribution in [0.3, 0.4) is 0 Å². The van der Waals surface area contributed by atoms with Gasteiger partial charge in [-0.05, 0) is 57.5 Å². The number of likely N-dealkylation sites (tertiary alicyclic amines) is 1. The number of thiophene rings is 1. The van der Waals surface area contributed by atoms with Gasteiger partial charge in [0.15, 0.2) is 5.82 Å². The lowest BCUT2D eigenvalue weighted by Gasteiger charge is -2.26. The molecule has 1 saturated heterocycles. The highest BCUT2D eigenvalue weighted by Gasteiger charge is 2.43. The third-order valence-corrected chi connectivity index (χ3v) is 9.35. The number of hydrogen-bond donors (Lipinski definition) is 4. The fraction of sp³-hybridized carbons (Fsp3) is 0.393. The van der Waals surface area contributed by atoms with Crippen molar-refractivity contribution in [3.8, 4) is 22.9 Å². The quantitative estimate of drug-likeness (QED) is 0.229. The number of nitrogens with zero attached hydrogens (tertiary/aromatic N) is 3. The Hall–Kier alpha value is -3.48. The molecule has 4 aromatic rings. The molecule has 0 unspecified atom stereocenters. The number of fused-ring (bicyclic) bond motifs is 2. The Morgan fingerprint density at radius 3 is 2.83 bits per heavy atom. The lowest BCUT2D eigenvalue weighted by Crippen LogP contribution is -2.38. The summed E-state index contributed by atoms with van der Waals surface area (Å²) in [6.07, 6.45) is 2.20. The molecule has 0 bridgehead atoms. The van der Waals surface area contributed by atoms with Gasteiger partial charge in [-0.3, -0.25) is 9.69 Å². The van der Waals surface area contributed by atoms with Crippen LogP contribution in [0.4, 0.5) is 19.6 Å². The Labute approximate surface area is 243 Å². The first-order valence-electron chi connectivity index (χ1n) is 13.3. The fourth-order valence-corrected chi connectivity index (χ4v) is 6.90. The number of hydrogen-bond acceptors (Lipinski definition) is 9. The summed E-state index contributed by atoms with van der Waals surface area (Å²) >= 11 is 7.65. The molecule has 1 amide bonds. The van der Waals surface area contributed by atoms with Gasteiger partial charge in [-0.1, -0.05) is 17.7 Å². The molecule has 2 fully saturated rings. The summed E-state index contributed by atoms with van der Waals surface area (Å²) in [5.74, 6) is -2.13. The average molecular weight is 603 g/mol. The van der Waals surface area contributed by atoms with Crippen LogP contribution in [0, 0.1) is 17.6 Å². The van der Waals surface area contributed by atoms with Crippen molar-refractivity contribution in [2.24, 2.45) is 5.92 Å². The van der Waals surface area contributed by atoms with Gasteiger partial charge in [0.1, 0.15) is 29.0 Å². The molecule has 0 spiro atoms. The molecule has 9 nitrogen and oxygen atoms in total. The molecule has 2 aromatic heterocycles. The number of nitrogen functional groups attached to an aromatic ring is 1. The van der Waals surface area contributed by atoms with Gasteiger partial charge < -0.3 is 26.2 Å². The van der Waals surface area contributed by atoms with Crippen molar-refractivity contribution in [2.75, 3.05) is 31.7 Å². The Bertz CT molecular complexity index is 1700. The van der Waals surface area contributed by atoms with Crippen molar-refractivity contribution in [2.45, 2.75) is 44.4 Å². The summed E-state index contributed by atoms with van der Waals surface area (Å²) < 4.78 is 37.5. The summed E-state index contributed by atoms with van der Waals surface area (Å²) in [7, 11) is 3.57. The van der Waals surface area contributed by atoms with E-state index in [9.17, 15) is 14.3 Å². The van der Waals surface area contributed by atoms with Crippen LogP contribution in [0.15, 0.2) is 18.2 Å². The fourth-order valence-electron chi connectivity index (χ4n) is 5.77. The number of nitrogens with two attached hydrogens (primary N) is 1. The normalized spacial score (nSPS) is 21.4. The van der Waals surface area contributed by atoms with E-state index in [-0.39, 0.29) is 73.6 Å². The highest BCUT2D eigenvalue weighted by molar-refractivity contribution is 7.22. The van der Waals surface area contributed by atoms with Crippen molar-refractivity contribution in [1.29, 1.82) is 0 Å². The molecular formula is C28H29ClF2N6O3S. The number of phenols is 1. The van der Waals surface area contributed by atoms with Crippen LogP contribution in [0.25, 0.3) is 32.1 Å². The number of halogens is 3. The number of amides is 1. The zero-order valence-electron chi connectivity index (χ0n) is 22.6. The molecule has 13 heteroatoms. The van der Waals surface area contributed by atoms with Gasteiger partial charge in [0.05, 0.1) is 26.0 Å². The highest BCUT2D eigenvalue weighted by atomic mass is 35.5. The molecule has 4 atom stereocenters. The topological polar surface area (TPSA) is 126 Å². The zero-order chi connectivity index (χ0) is 29.2. The van der Waals surface area contributed by atoms with Crippen molar-refractivity contribution >= 4 is 60.7 Å². The van der Waals surface area contributed by atoms with Gasteiger partial charge in [-0.15, -0.1) is 11.3 Å². The summed E-state index contributed by atoms with van der Waals surface area (Å²) in [6.45, 7) is 2.85. The maximum atomic E-state index is 16.5. The van der Waals surface area contributed by atoms with Crippen molar-refractivity contribution in [3.63, 3.8) is 0 Å². The SMILES string of the molecule is CNC(=O)[C@H]1C[C@H]1Nc1nc(O[C@@H](C)[C@@H]2CCCN2C)nc2c(F)c(-c3ccc(F)c4sc(N)cc34)c(Cl)c(O)c12. The number of likely N-dealkylation sites (N-methyl/N-ethyl adjacent to an activating group) is 1. The van der Waals surface area contributed by atoms with Crippen LogP contribution in [0.1, 0.15) is 26.2 Å². The summed E-state index contributed by atoms with van der Waals surface area (Å²) in [6, 6.07) is 3.90. The van der Waals surface area contributed by atoms with Crippen molar-refractivity contribution in [1.82, 2.24) is 20.2 Å². The minimum atomic E-state index is -0.833. The Kier molecular flexibility index (Phi) is 7.03. The second-order valence-electron chi connectivity index (χ2n) is 10.6. The van der Waals surface area contributed by atoms with Gasteiger partial charge in [0, 0.05) is 30.1 Å². The average Bonchev–Trinajstić information content (AvgIpc) is 3.36. The second kappa shape index (κ2) is 10.4. The maximum Gasteiger partial charge on any atom is 0.319 e. The summed E-state index contributed by atoms with van der Waals surface area (Å²) in [4.78, 5) is 23.3. The molecule has 2 aliphatic rings. The van der Waals surface area contributed by atoms with E-state index in [1.54, 1.807) is 13.1 Å². The first-order chi connectivity index (χ1) is 19.6. The number of nitrogens with one attached hydrogen (secondary N) is 2. The first kappa shape index (κ1) is 27.7. The minimum Gasteiger partial charge on any atom is -0.506 e. The van der Waals surface area contributed by atoms with Gasteiger partial charge >= 0.3 is 6.01 Å². The third kappa shape index (κ3) is 4.77. The van der Waals surface area contributed by atoms with Gasteiger partial charge in [0.2, 0.25) is 5.91 Å². The Morgan fingerprint density at radius 2 is 2.12 bits per heavy atom. The number of anilines is 2. The number of aromatic hydroxyl groups is 1. The van der Waals surface area contributed by atoms with E-state index in [1.165, 1.54) is 12.1 Å². The predicted molar refractivity (Wildman–Crippen MR) is 157 cm³/mol. The van der Waals surface area contributed by atoms with Crippen molar-refractivity contribution in [3.05, 3.63) is 34.9 Å². The van der Waals surface area contributed by atoms with E-state index < -0.39 is 17.4 Å². The molecule has 6 rings (SSSR count). The third-order valence-electron chi connectivity index (χ3n) is 8.01. The largest absolute Gasteiger partial charge is 0.506 e. The highest BCUT2D eigenvalue weighted by Crippen LogP contribution is 2.49. The van der Waals surface area contributed by atoms with E-state index in [1.807, 2.05) is 14.0 Å². The van der Waals surface area contributed by atoms with Crippen LogP contribution in [-0.4, -0.2) is 64.7 Å². The Balaban J connectivity index is 1.52. The number of ether oxygens (including phenoxy) is 1. The van der Waals surface area contributed by atoms with Crippen LogP contribution >= 0.6 is 22.9 Å². The second-order valence-corrected chi connectivity index (χ2v) is 12.1. The van der Waals surface area contributed by atoms with E-state index in [0.717, 1.165) is 30.7 Å². The van der Waals surface area contributed by atoms with Gasteiger partial charge in [0.25, 0.3) is 0 Å². The predicted octanol–water partition coefficient (Wildman–Crippen LogP) is 5.14. The number of carbonyl (C=O) groups excluding carboxylic acids is 1. The molecular weight excluding hydrogens is 574 g/mol. The molecule has 0 radical (unpaired) electrons. The minimum absolute atomic E-state index is 0.0417. The molecule has 5 N–H and O–H groups in total. The number of aromatic nitrogens is 2. The molecule has 3 heterocycles. The van der Waals surface area contributed by atoms with E-state index in [4.69, 9.17) is 22.1 Å². The first-order valence-corrected chi connectivity index (χ1v) is 14.5. The zero-order valence-corrected chi connectivity index (χ0v) is 24.2. The molecule has 1 saturated carbocycles. The molecule has 2 aromatic carbocycles. The number of carbonyl (C=O) groups is 1. The van der Waals surface area contributed by atoms with E-state index in [2.05, 4.69) is 25.5 Å². The summed E-state index contributed by atoms with van der Waals surface area (Å²) in [5.41, 5.74) is 5.83. The summed E-state index contributed by atoms with van der Waals surface area (Å²) in [5, 5.41) is 17.5. The number of benzene rings is 2. The lowest BCUT2D eigenvalue weighted by molar-refractivity contribution is -0.121. The lowest BCUT2D eigenvalue weighted by atomic mass is 9.98. The number of rotatable bonds is 7. The van der Waals surface area contributed by atoms with Crippen LogP contribution in [-0.2, 0) is 4.79 Å². The van der Waals surface area contributed by atoms with Crippen LogP contribution < -0.4 is 21.1 Å². The molecule has 216 valence electrons. The standard InChI is InChI=1S/C28H29ClF2N6O3S/c1-11(17-5-4-8-37(17)3)40-28-35-23-20(26(36-28)34-16-9-14(16)27(39)33-2)24(38)21(29)19(22(23)31)12-6-7-15(30)25-13(12)10-18(32)41-25/h6-7,10-11,14,16-17,38H,4-5,8-9,32H2,1-3H3,(H,33,39)(H,34,35,36)/t11-,14-,16+,17-/m0/s1. The Morgan fingerprint density at radius 1 is 1.34 bits per heavy atom.